The molecule has 2 amide bonds. The Morgan fingerprint density at radius 3 is 2.54 bits per heavy atom. The number of rotatable bonds is 2. The number of carbonyl (C=O) groups excluding carboxylic acids is 2. The van der Waals surface area contributed by atoms with Crippen molar-refractivity contribution in [2.75, 3.05) is 19.7 Å². The van der Waals surface area contributed by atoms with Crippen LogP contribution >= 0.6 is 0 Å². The number of benzene rings is 1. The molecule has 2 aliphatic rings. The van der Waals surface area contributed by atoms with Gasteiger partial charge >= 0.3 is 18.2 Å². The highest BCUT2D eigenvalue weighted by molar-refractivity contribution is 5.84. The third-order valence-electron chi connectivity index (χ3n) is 6.32. The highest BCUT2D eigenvalue weighted by Gasteiger charge is 2.46. The van der Waals surface area contributed by atoms with Crippen LogP contribution in [0.2, 0.25) is 0 Å². The van der Waals surface area contributed by atoms with Gasteiger partial charge in [-0.3, -0.25) is 4.79 Å². The van der Waals surface area contributed by atoms with Crippen LogP contribution in [0.3, 0.4) is 0 Å². The zero-order chi connectivity index (χ0) is 27.3. The fraction of sp³-hybridized carbons (Fsp3) is 0.583. The first-order valence-corrected chi connectivity index (χ1v) is 11.7. The minimum absolute atomic E-state index is 0.0214. The Morgan fingerprint density at radius 1 is 1.22 bits per heavy atom. The molecule has 1 saturated heterocycles. The lowest BCUT2D eigenvalue weighted by Crippen LogP contribution is -2.49. The summed E-state index contributed by atoms with van der Waals surface area (Å²) in [5.41, 5.74) is -1.57. The first-order chi connectivity index (χ1) is 17.1. The van der Waals surface area contributed by atoms with Crippen molar-refractivity contribution in [2.45, 2.75) is 65.4 Å². The standard InChI is InChI=1S/C24H28F4N4O5/c1-13-11-35-17-9-14(18-29-19(37-30-18)24(26,27)28)8-16(25)15(17)10-32(13)20(33)23(5)6-7-31(12-23)21(34)36-22(2,3)4/h8-9,13H,6-7,10-12H2,1-5H3/t13-,23?/m0/s1. The lowest BCUT2D eigenvalue weighted by Gasteiger charge is -2.34. The average Bonchev–Trinajstić information content (AvgIpc) is 3.39. The first-order valence-electron chi connectivity index (χ1n) is 11.7. The molecule has 0 bridgehead atoms. The Bertz CT molecular complexity index is 1210. The van der Waals surface area contributed by atoms with E-state index in [1.165, 1.54) is 15.9 Å². The molecule has 37 heavy (non-hydrogen) atoms. The van der Waals surface area contributed by atoms with Crippen LogP contribution in [0.5, 0.6) is 5.75 Å². The van der Waals surface area contributed by atoms with E-state index in [0.29, 0.717) is 13.0 Å². The molecule has 1 unspecified atom stereocenters. The molecule has 0 N–H and O–H groups in total. The number of carbonyl (C=O) groups is 2. The van der Waals surface area contributed by atoms with E-state index in [2.05, 4.69) is 14.7 Å². The number of alkyl halides is 3. The van der Waals surface area contributed by atoms with E-state index in [-0.39, 0.29) is 42.5 Å². The Balaban J connectivity index is 1.56. The number of hydrogen-bond acceptors (Lipinski definition) is 7. The molecule has 2 atom stereocenters. The summed E-state index contributed by atoms with van der Waals surface area (Å²) in [5, 5.41) is 3.29. The van der Waals surface area contributed by atoms with Crippen LogP contribution in [0.15, 0.2) is 16.7 Å². The van der Waals surface area contributed by atoms with Gasteiger partial charge in [0.2, 0.25) is 11.7 Å². The molecule has 0 saturated carbocycles. The Kier molecular flexibility index (Phi) is 6.62. The van der Waals surface area contributed by atoms with E-state index in [0.717, 1.165) is 6.07 Å². The molecule has 2 aromatic rings. The summed E-state index contributed by atoms with van der Waals surface area (Å²) >= 11 is 0. The summed E-state index contributed by atoms with van der Waals surface area (Å²) in [6.45, 7) is 9.18. The maximum absolute atomic E-state index is 15.2. The van der Waals surface area contributed by atoms with Crippen molar-refractivity contribution in [3.63, 3.8) is 0 Å². The van der Waals surface area contributed by atoms with Gasteiger partial charge in [-0.15, -0.1) is 0 Å². The zero-order valence-corrected chi connectivity index (χ0v) is 21.1. The van der Waals surface area contributed by atoms with Crippen LogP contribution in [-0.4, -0.2) is 63.3 Å². The van der Waals surface area contributed by atoms with Crippen LogP contribution in [0.1, 0.15) is 52.5 Å². The molecule has 2 aliphatic heterocycles. The molecule has 3 heterocycles. The molecule has 13 heteroatoms. The van der Waals surface area contributed by atoms with Gasteiger partial charge in [0.25, 0.3) is 0 Å². The van der Waals surface area contributed by atoms with Crippen LogP contribution in [0.4, 0.5) is 22.4 Å². The predicted octanol–water partition coefficient (Wildman–Crippen LogP) is 4.65. The molecular weight excluding hydrogens is 500 g/mol. The molecule has 0 aliphatic carbocycles. The number of nitrogens with zero attached hydrogens (tertiary/aromatic N) is 4. The van der Waals surface area contributed by atoms with Gasteiger partial charge in [-0.05, 0) is 53.2 Å². The normalized spacial score (nSPS) is 22.4. The Morgan fingerprint density at radius 2 is 1.92 bits per heavy atom. The number of hydrogen-bond donors (Lipinski definition) is 0. The van der Waals surface area contributed by atoms with Gasteiger partial charge in [0.05, 0.1) is 18.0 Å². The van der Waals surface area contributed by atoms with Gasteiger partial charge in [0.1, 0.15) is 23.8 Å². The van der Waals surface area contributed by atoms with Gasteiger partial charge in [0, 0.05) is 24.2 Å². The van der Waals surface area contributed by atoms with E-state index in [1.807, 2.05) is 0 Å². The topological polar surface area (TPSA) is 98.0 Å². The average molecular weight is 529 g/mol. The van der Waals surface area contributed by atoms with Crippen molar-refractivity contribution >= 4 is 12.0 Å². The van der Waals surface area contributed by atoms with Crippen molar-refractivity contribution in [1.29, 1.82) is 0 Å². The van der Waals surface area contributed by atoms with Crippen LogP contribution in [0.25, 0.3) is 11.4 Å². The highest BCUT2D eigenvalue weighted by Crippen LogP contribution is 2.38. The smallest absolute Gasteiger partial charge is 0.471 e. The van der Waals surface area contributed by atoms with Gasteiger partial charge in [-0.2, -0.15) is 18.2 Å². The van der Waals surface area contributed by atoms with Crippen molar-refractivity contribution in [2.24, 2.45) is 5.41 Å². The lowest BCUT2D eigenvalue weighted by atomic mass is 9.87. The zero-order valence-electron chi connectivity index (χ0n) is 21.1. The molecule has 4 rings (SSSR count). The van der Waals surface area contributed by atoms with Gasteiger partial charge in [-0.25, -0.2) is 9.18 Å². The maximum atomic E-state index is 15.2. The van der Waals surface area contributed by atoms with Crippen molar-refractivity contribution in [3.8, 4) is 17.1 Å². The van der Waals surface area contributed by atoms with Gasteiger partial charge < -0.3 is 23.8 Å². The number of amides is 2. The molecule has 9 nitrogen and oxygen atoms in total. The second-order valence-corrected chi connectivity index (χ2v) is 10.7. The first kappa shape index (κ1) is 26.7. The van der Waals surface area contributed by atoms with Crippen LogP contribution in [0, 0.1) is 11.2 Å². The van der Waals surface area contributed by atoms with Crippen molar-refractivity contribution in [1.82, 2.24) is 19.9 Å². The van der Waals surface area contributed by atoms with Crippen molar-refractivity contribution in [3.05, 3.63) is 29.4 Å². The highest BCUT2D eigenvalue weighted by atomic mass is 19.4. The summed E-state index contributed by atoms with van der Waals surface area (Å²) in [4.78, 5) is 32.5. The fourth-order valence-electron chi connectivity index (χ4n) is 4.34. The molecular formula is C24H28F4N4O5. The summed E-state index contributed by atoms with van der Waals surface area (Å²) in [6, 6.07) is 1.86. The predicted molar refractivity (Wildman–Crippen MR) is 121 cm³/mol. The molecule has 202 valence electrons. The maximum Gasteiger partial charge on any atom is 0.471 e. The second kappa shape index (κ2) is 9.18. The van der Waals surface area contributed by atoms with Crippen molar-refractivity contribution < 1.29 is 41.1 Å². The largest absolute Gasteiger partial charge is 0.491 e. The number of aromatic nitrogens is 2. The summed E-state index contributed by atoms with van der Waals surface area (Å²) < 4.78 is 69.1. The molecule has 0 spiro atoms. The van der Waals surface area contributed by atoms with E-state index >= 15 is 4.39 Å². The molecule has 1 aromatic heterocycles. The Labute approximate surface area is 210 Å². The third kappa shape index (κ3) is 5.49. The van der Waals surface area contributed by atoms with E-state index in [9.17, 15) is 22.8 Å². The fourth-order valence-corrected chi connectivity index (χ4v) is 4.34. The Hall–Kier alpha value is -3.38. The summed E-state index contributed by atoms with van der Waals surface area (Å²) in [6.07, 6.45) is -4.93. The number of fused-ring (bicyclic) bond motifs is 1. The minimum atomic E-state index is -4.84. The van der Waals surface area contributed by atoms with Crippen LogP contribution in [-0.2, 0) is 22.3 Å². The molecule has 0 radical (unpaired) electrons. The van der Waals surface area contributed by atoms with Crippen LogP contribution < -0.4 is 4.74 Å². The molecule has 1 aromatic carbocycles. The SMILES string of the molecule is C[C@H]1COc2cc(-c3noc(C(F)(F)F)n3)cc(F)c2CN1C(=O)C1(C)CCN(C(=O)OC(C)(C)C)C1. The second-order valence-electron chi connectivity index (χ2n) is 10.7. The quantitative estimate of drug-likeness (QED) is 0.524. The van der Waals surface area contributed by atoms with E-state index < -0.39 is 46.9 Å². The lowest BCUT2D eigenvalue weighted by molar-refractivity contribution is -0.159. The van der Waals surface area contributed by atoms with E-state index in [4.69, 9.17) is 9.47 Å². The summed E-state index contributed by atoms with van der Waals surface area (Å²) in [7, 11) is 0. The van der Waals surface area contributed by atoms with E-state index in [1.54, 1.807) is 34.6 Å². The van der Waals surface area contributed by atoms with Gasteiger partial charge in [0.15, 0.2) is 0 Å². The number of ether oxygens (including phenoxy) is 2. The van der Waals surface area contributed by atoms with Gasteiger partial charge in [-0.1, -0.05) is 5.16 Å². The molecule has 1 fully saturated rings. The number of likely N-dealkylation sites (tertiary alicyclic amines) is 1. The third-order valence-corrected chi connectivity index (χ3v) is 6.32. The minimum Gasteiger partial charge on any atom is -0.491 e. The number of halogens is 4. The summed E-state index contributed by atoms with van der Waals surface area (Å²) in [5.74, 6) is -2.97. The monoisotopic (exact) mass is 528 g/mol.